The molecule has 1 heterocycles. The molecule has 3 nitrogen and oxygen atoms in total. The number of benzene rings is 1. The molecule has 0 spiro atoms. The second-order valence-corrected chi connectivity index (χ2v) is 4.15. The van der Waals surface area contributed by atoms with E-state index in [0.717, 1.165) is 11.3 Å². The van der Waals surface area contributed by atoms with Gasteiger partial charge in [0.1, 0.15) is 6.10 Å². The molecule has 1 aromatic carbocycles. The maximum Gasteiger partial charge on any atom is 0.145 e. The minimum atomic E-state index is -0.0190. The number of halogens is 2. The highest BCUT2D eigenvalue weighted by atomic mass is 35.5. The van der Waals surface area contributed by atoms with Crippen LogP contribution < -0.4 is 5.73 Å². The van der Waals surface area contributed by atoms with E-state index in [0.29, 0.717) is 23.0 Å². The summed E-state index contributed by atoms with van der Waals surface area (Å²) in [5, 5.41) is 5.02. The van der Waals surface area contributed by atoms with Gasteiger partial charge in [0.25, 0.3) is 0 Å². The summed E-state index contributed by atoms with van der Waals surface area (Å²) >= 11 is 11.7. The maximum atomic E-state index is 5.91. The van der Waals surface area contributed by atoms with Crippen LogP contribution in [-0.2, 0) is 4.84 Å². The predicted molar refractivity (Wildman–Crippen MR) is 61.5 cm³/mol. The van der Waals surface area contributed by atoms with Crippen molar-refractivity contribution in [2.24, 2.45) is 10.9 Å². The summed E-state index contributed by atoms with van der Waals surface area (Å²) in [4.78, 5) is 5.13. The molecule has 0 bridgehead atoms. The minimum absolute atomic E-state index is 0.0190. The Morgan fingerprint density at radius 1 is 1.40 bits per heavy atom. The van der Waals surface area contributed by atoms with Gasteiger partial charge in [-0.05, 0) is 12.1 Å². The Labute approximate surface area is 97.8 Å². The van der Waals surface area contributed by atoms with Crippen LogP contribution >= 0.6 is 23.2 Å². The first-order chi connectivity index (χ1) is 7.20. The van der Waals surface area contributed by atoms with Crippen molar-refractivity contribution in [1.29, 1.82) is 0 Å². The SMILES string of the molecule is NC[C@H]1CC(c2ccc(Cl)c(Cl)c2)=NO1. The fraction of sp³-hybridized carbons (Fsp3) is 0.300. The number of nitrogens with two attached hydrogens (primary N) is 1. The molecule has 0 saturated carbocycles. The van der Waals surface area contributed by atoms with Gasteiger partial charge < -0.3 is 10.6 Å². The van der Waals surface area contributed by atoms with Gasteiger partial charge in [-0.3, -0.25) is 0 Å². The second kappa shape index (κ2) is 4.39. The summed E-state index contributed by atoms with van der Waals surface area (Å²) in [6.45, 7) is 0.467. The third kappa shape index (κ3) is 2.25. The second-order valence-electron chi connectivity index (χ2n) is 3.33. The lowest BCUT2D eigenvalue weighted by atomic mass is 10.1. The molecule has 5 heteroatoms. The zero-order chi connectivity index (χ0) is 10.8. The van der Waals surface area contributed by atoms with Crippen molar-refractivity contribution < 1.29 is 4.84 Å². The normalized spacial score (nSPS) is 19.9. The highest BCUT2D eigenvalue weighted by molar-refractivity contribution is 6.42. The van der Waals surface area contributed by atoms with E-state index >= 15 is 0 Å². The van der Waals surface area contributed by atoms with Gasteiger partial charge in [-0.15, -0.1) is 0 Å². The molecule has 0 aliphatic carbocycles. The number of hydrogen-bond donors (Lipinski definition) is 1. The van der Waals surface area contributed by atoms with Crippen LogP contribution in [0.3, 0.4) is 0 Å². The molecule has 2 rings (SSSR count). The van der Waals surface area contributed by atoms with Crippen molar-refractivity contribution >= 4 is 28.9 Å². The van der Waals surface area contributed by atoms with Crippen LogP contribution in [0, 0.1) is 0 Å². The molecule has 1 atom stereocenters. The van der Waals surface area contributed by atoms with Gasteiger partial charge in [0.2, 0.25) is 0 Å². The summed E-state index contributed by atoms with van der Waals surface area (Å²) in [6, 6.07) is 5.40. The Kier molecular flexibility index (Phi) is 3.14. The van der Waals surface area contributed by atoms with Crippen LogP contribution in [0.4, 0.5) is 0 Å². The van der Waals surface area contributed by atoms with E-state index in [2.05, 4.69) is 5.16 Å². The molecular formula is C10H10Cl2N2O. The van der Waals surface area contributed by atoms with E-state index < -0.39 is 0 Å². The van der Waals surface area contributed by atoms with Gasteiger partial charge in [0, 0.05) is 18.5 Å². The van der Waals surface area contributed by atoms with E-state index in [1.54, 1.807) is 12.1 Å². The average molecular weight is 245 g/mol. The van der Waals surface area contributed by atoms with E-state index in [1.165, 1.54) is 0 Å². The van der Waals surface area contributed by atoms with Crippen LogP contribution in [0.2, 0.25) is 10.0 Å². The largest absolute Gasteiger partial charge is 0.390 e. The van der Waals surface area contributed by atoms with Gasteiger partial charge >= 0.3 is 0 Å². The fourth-order valence-corrected chi connectivity index (χ4v) is 1.70. The average Bonchev–Trinajstić information content (AvgIpc) is 2.70. The fourth-order valence-electron chi connectivity index (χ4n) is 1.40. The van der Waals surface area contributed by atoms with Gasteiger partial charge in [0.15, 0.2) is 0 Å². The summed E-state index contributed by atoms with van der Waals surface area (Å²) in [5.41, 5.74) is 7.28. The molecule has 2 N–H and O–H groups in total. The molecule has 1 aromatic rings. The Hall–Kier alpha value is -0.770. The molecular weight excluding hydrogens is 235 g/mol. The van der Waals surface area contributed by atoms with Crippen LogP contribution in [0.25, 0.3) is 0 Å². The van der Waals surface area contributed by atoms with Crippen LogP contribution in [0.15, 0.2) is 23.4 Å². The van der Waals surface area contributed by atoms with Gasteiger partial charge in [-0.1, -0.05) is 34.4 Å². The Balaban J connectivity index is 2.21. The zero-order valence-corrected chi connectivity index (χ0v) is 9.42. The third-order valence-corrected chi connectivity index (χ3v) is 2.99. The molecule has 1 aliphatic heterocycles. The first-order valence-corrected chi connectivity index (χ1v) is 5.34. The molecule has 0 aromatic heterocycles. The minimum Gasteiger partial charge on any atom is -0.390 e. The third-order valence-electron chi connectivity index (χ3n) is 2.25. The summed E-state index contributed by atoms with van der Waals surface area (Å²) in [7, 11) is 0. The number of rotatable bonds is 2. The molecule has 0 unspecified atom stereocenters. The zero-order valence-electron chi connectivity index (χ0n) is 7.91. The van der Waals surface area contributed by atoms with Gasteiger partial charge in [0.05, 0.1) is 15.8 Å². The van der Waals surface area contributed by atoms with E-state index in [4.69, 9.17) is 33.8 Å². The standard InChI is InChI=1S/C10H10Cl2N2O/c11-8-2-1-6(3-9(8)12)10-4-7(5-13)15-14-10/h1-3,7H,4-5,13H2/t7-/m1/s1. The van der Waals surface area contributed by atoms with Gasteiger partial charge in [-0.2, -0.15) is 0 Å². The molecule has 0 saturated heterocycles. The quantitative estimate of drug-likeness (QED) is 0.869. The molecule has 1 aliphatic rings. The Morgan fingerprint density at radius 3 is 2.80 bits per heavy atom. The molecule has 0 radical (unpaired) electrons. The molecule has 0 fully saturated rings. The van der Waals surface area contributed by atoms with Gasteiger partial charge in [-0.25, -0.2) is 0 Å². The van der Waals surface area contributed by atoms with Crippen LogP contribution in [0.5, 0.6) is 0 Å². The van der Waals surface area contributed by atoms with Crippen LogP contribution in [-0.4, -0.2) is 18.4 Å². The maximum absolute atomic E-state index is 5.91. The van der Waals surface area contributed by atoms with Crippen molar-refractivity contribution in [2.75, 3.05) is 6.54 Å². The molecule has 80 valence electrons. The topological polar surface area (TPSA) is 47.6 Å². The van der Waals surface area contributed by atoms with E-state index in [9.17, 15) is 0 Å². The van der Waals surface area contributed by atoms with E-state index in [1.807, 2.05) is 6.07 Å². The number of oxime groups is 1. The molecule has 0 amide bonds. The Bertz CT molecular complexity index is 406. The van der Waals surface area contributed by atoms with Crippen molar-refractivity contribution in [3.8, 4) is 0 Å². The van der Waals surface area contributed by atoms with Crippen molar-refractivity contribution in [3.05, 3.63) is 33.8 Å². The molecule has 15 heavy (non-hydrogen) atoms. The lowest BCUT2D eigenvalue weighted by molar-refractivity contribution is 0.0918. The summed E-state index contributed by atoms with van der Waals surface area (Å²) < 4.78 is 0. The van der Waals surface area contributed by atoms with Crippen molar-refractivity contribution in [2.45, 2.75) is 12.5 Å². The first-order valence-electron chi connectivity index (χ1n) is 4.59. The summed E-state index contributed by atoms with van der Waals surface area (Å²) in [5.74, 6) is 0. The monoisotopic (exact) mass is 244 g/mol. The van der Waals surface area contributed by atoms with Crippen molar-refractivity contribution in [1.82, 2.24) is 0 Å². The smallest absolute Gasteiger partial charge is 0.145 e. The Morgan fingerprint density at radius 2 is 2.20 bits per heavy atom. The number of nitrogens with zero attached hydrogens (tertiary/aromatic N) is 1. The highest BCUT2D eigenvalue weighted by Crippen LogP contribution is 2.25. The van der Waals surface area contributed by atoms with Crippen molar-refractivity contribution in [3.63, 3.8) is 0 Å². The number of hydrogen-bond acceptors (Lipinski definition) is 3. The summed E-state index contributed by atoms with van der Waals surface area (Å²) in [6.07, 6.45) is 0.698. The van der Waals surface area contributed by atoms with E-state index in [-0.39, 0.29) is 6.10 Å². The lowest BCUT2D eigenvalue weighted by Crippen LogP contribution is -2.20. The highest BCUT2D eigenvalue weighted by Gasteiger charge is 2.20. The van der Waals surface area contributed by atoms with Crippen LogP contribution in [0.1, 0.15) is 12.0 Å². The lowest BCUT2D eigenvalue weighted by Gasteiger charge is -2.03. The predicted octanol–water partition coefficient (Wildman–Crippen LogP) is 2.45. The first kappa shape index (κ1) is 10.7.